The Morgan fingerprint density at radius 2 is 1.30 bits per heavy atom. The highest BCUT2D eigenvalue weighted by Crippen LogP contribution is 2.52. The van der Waals surface area contributed by atoms with Gasteiger partial charge in [-0.25, -0.2) is 0 Å². The standard InChI is InChI=1S/C59H86O18/c1-28-17-33-7-9-38-29(2)18-35(65-38)11-14-58-16-13-40(74-58)55-56(64-6)57(77-58)54-39(72-55)10-8-34(68-54)22-52(63)71-49-25-48-47(70-46(49)23-42(66-33)32(28)5)24-45-44(69-48)21-36(67-45)20-43-37(60)12-15-59(75-43)27-31(4)53-50(76-59)19-30(3)41(73-53)26-51(61)62/h28,30-31,33-50,53-57,60H,2,5,7-27H2,1,3-4,6H3,(H,61,62)/t28-,30-,31+,33+,34-,35+,36+,37+,38+,39+,40-,41-,42-,43+,44?,45-,46+,47+,48?,49-,50+,53+,54+,55?,56-,57+,58+,59-/m1/s1. The summed E-state index contributed by atoms with van der Waals surface area (Å²) in [6, 6.07) is 0. The van der Waals surface area contributed by atoms with Crippen LogP contribution in [0.1, 0.15) is 156 Å². The lowest BCUT2D eigenvalue weighted by molar-refractivity contribution is -0.368. The molecule has 18 nitrogen and oxygen atoms in total. The number of aliphatic hydroxyl groups excluding tert-OH is 1. The molecule has 0 saturated carbocycles. The molecule has 13 rings (SSSR count). The van der Waals surface area contributed by atoms with Crippen molar-refractivity contribution < 1.29 is 86.1 Å². The molecule has 13 saturated heterocycles. The number of fused-ring (bicyclic) bond motifs is 12. The van der Waals surface area contributed by atoms with Crippen LogP contribution in [0.5, 0.6) is 0 Å². The number of aliphatic hydroxyl groups is 1. The number of hydrogen-bond acceptors (Lipinski definition) is 17. The number of carbonyl (C=O) groups is 2. The van der Waals surface area contributed by atoms with E-state index in [1.54, 1.807) is 7.11 Å². The summed E-state index contributed by atoms with van der Waals surface area (Å²) in [5.41, 5.74) is 2.15. The number of aliphatic carboxylic acids is 1. The summed E-state index contributed by atoms with van der Waals surface area (Å²) in [7, 11) is 1.70. The van der Waals surface area contributed by atoms with Crippen molar-refractivity contribution in [3.05, 3.63) is 24.3 Å². The van der Waals surface area contributed by atoms with Crippen LogP contribution in [0.15, 0.2) is 24.3 Å². The zero-order valence-electron chi connectivity index (χ0n) is 45.7. The van der Waals surface area contributed by atoms with Crippen molar-refractivity contribution in [1.29, 1.82) is 0 Å². The molecule has 28 atom stereocenters. The highest BCUT2D eigenvalue weighted by molar-refractivity contribution is 5.70. The number of rotatable bonds is 5. The smallest absolute Gasteiger partial charge is 0.308 e. The number of methoxy groups -OCH3 is 1. The molecule has 13 aliphatic heterocycles. The van der Waals surface area contributed by atoms with Gasteiger partial charge in [0.2, 0.25) is 0 Å². The van der Waals surface area contributed by atoms with Crippen molar-refractivity contribution in [2.75, 3.05) is 7.11 Å². The zero-order chi connectivity index (χ0) is 53.1. The van der Waals surface area contributed by atoms with E-state index in [0.29, 0.717) is 77.0 Å². The molecule has 18 heteroatoms. The van der Waals surface area contributed by atoms with E-state index in [1.165, 1.54) is 0 Å². The van der Waals surface area contributed by atoms with Crippen molar-refractivity contribution in [3.63, 3.8) is 0 Å². The molecule has 13 fully saturated rings. The number of ether oxygens (including phenoxy) is 14. The zero-order valence-corrected chi connectivity index (χ0v) is 45.7. The van der Waals surface area contributed by atoms with Gasteiger partial charge in [0, 0.05) is 64.9 Å². The van der Waals surface area contributed by atoms with Crippen molar-refractivity contribution in [3.8, 4) is 0 Å². The summed E-state index contributed by atoms with van der Waals surface area (Å²) in [5, 5.41) is 20.9. The first kappa shape index (κ1) is 54.1. The predicted octanol–water partition coefficient (Wildman–Crippen LogP) is 6.71. The average Bonchev–Trinajstić information content (AvgIpc) is 4.09. The average molecular weight is 1080 g/mol. The van der Waals surface area contributed by atoms with E-state index in [9.17, 15) is 19.8 Å². The van der Waals surface area contributed by atoms with Gasteiger partial charge in [0.05, 0.1) is 123 Å². The Labute approximate surface area is 453 Å². The second-order valence-corrected chi connectivity index (χ2v) is 26.1. The fourth-order valence-corrected chi connectivity index (χ4v) is 16.7. The van der Waals surface area contributed by atoms with Crippen LogP contribution >= 0.6 is 0 Å². The van der Waals surface area contributed by atoms with Gasteiger partial charge in [-0.05, 0) is 93.1 Å². The Balaban J connectivity index is 0.702. The quantitative estimate of drug-likeness (QED) is 0.217. The topological polar surface area (TPSA) is 204 Å². The van der Waals surface area contributed by atoms with E-state index in [2.05, 4.69) is 27.0 Å². The Morgan fingerprint density at radius 1 is 0.584 bits per heavy atom. The van der Waals surface area contributed by atoms with E-state index < -0.39 is 60.3 Å². The van der Waals surface area contributed by atoms with Crippen molar-refractivity contribution in [2.45, 2.75) is 308 Å². The van der Waals surface area contributed by atoms with E-state index in [0.717, 1.165) is 56.1 Å². The first-order valence-corrected chi connectivity index (χ1v) is 30.0. The normalized spacial score (nSPS) is 53.8. The maximum Gasteiger partial charge on any atom is 0.308 e. The molecule has 2 spiro atoms. The molecule has 430 valence electrons. The molecule has 13 heterocycles. The molecule has 0 aliphatic carbocycles. The highest BCUT2D eigenvalue weighted by atomic mass is 16.8. The number of esters is 1. The van der Waals surface area contributed by atoms with Crippen molar-refractivity contribution >= 4 is 11.9 Å². The molecule has 10 bridgehead atoms. The summed E-state index contributed by atoms with van der Waals surface area (Å²) >= 11 is 0. The van der Waals surface area contributed by atoms with Crippen LogP contribution < -0.4 is 0 Å². The Kier molecular flexibility index (Phi) is 15.2. The number of carboxylic acids is 1. The first-order valence-electron chi connectivity index (χ1n) is 30.0. The molecule has 77 heavy (non-hydrogen) atoms. The number of carboxylic acid groups (broad SMARTS) is 1. The third kappa shape index (κ3) is 10.7. The van der Waals surface area contributed by atoms with Gasteiger partial charge in [-0.2, -0.15) is 0 Å². The molecule has 0 aromatic rings. The van der Waals surface area contributed by atoms with Crippen LogP contribution in [0.4, 0.5) is 0 Å². The Hall–Kier alpha value is -2.14. The number of hydrogen-bond donors (Lipinski definition) is 2. The molecule has 13 aliphatic rings. The fourth-order valence-electron chi connectivity index (χ4n) is 16.7. The van der Waals surface area contributed by atoms with Crippen molar-refractivity contribution in [2.24, 2.45) is 17.8 Å². The van der Waals surface area contributed by atoms with Gasteiger partial charge >= 0.3 is 11.9 Å². The minimum atomic E-state index is -0.867. The van der Waals surface area contributed by atoms with Crippen LogP contribution in [0.25, 0.3) is 0 Å². The SMILES string of the molecule is C=C1C[C@@H]2CC[C@]34CC[C@@H](O3)C3O[C@H]5CC[C@H](CC(=O)O[C@@H]6CC7OC8C[C@H](C[C@@H]9O[C@@]%10(CC[C@@H]9O)C[C@H](C)[C@@H]9O[C@H](CC(=O)O)[C@H](C)C[C@@H]9O%10)O[C@@H]8C[C@@H]7O[C@H]6C[C@H]6O[C@@H](CC[C@@H]1O2)C[C@@H](C)C6=C)O[C@@H]5[C@H](O4)[C@@H]3OC. The molecule has 2 N–H and O–H groups in total. The van der Waals surface area contributed by atoms with Crippen molar-refractivity contribution in [1.82, 2.24) is 0 Å². The Morgan fingerprint density at radius 3 is 2.12 bits per heavy atom. The molecular weight excluding hydrogens is 997 g/mol. The number of carbonyl (C=O) groups excluding carboxylic acids is 1. The van der Waals surface area contributed by atoms with Gasteiger partial charge in [-0.1, -0.05) is 33.9 Å². The minimum Gasteiger partial charge on any atom is -0.481 e. The molecule has 0 amide bonds. The minimum absolute atomic E-state index is 0.0129. The third-order valence-electron chi connectivity index (χ3n) is 20.7. The van der Waals surface area contributed by atoms with Crippen LogP contribution in [-0.2, 0) is 75.9 Å². The maximum atomic E-state index is 14.4. The molecule has 3 unspecified atom stereocenters. The van der Waals surface area contributed by atoms with Crippen LogP contribution in [0.3, 0.4) is 0 Å². The fraction of sp³-hybridized carbons (Fsp3) is 0.898. The highest BCUT2D eigenvalue weighted by Gasteiger charge is 2.62. The van der Waals surface area contributed by atoms with E-state index in [-0.39, 0.29) is 134 Å². The first-order chi connectivity index (χ1) is 37.1. The maximum absolute atomic E-state index is 14.4. The molecule has 0 radical (unpaired) electrons. The molecule has 0 aromatic carbocycles. The summed E-state index contributed by atoms with van der Waals surface area (Å²) in [6.45, 7) is 15.4. The van der Waals surface area contributed by atoms with E-state index >= 15 is 0 Å². The lowest BCUT2D eigenvalue weighted by Gasteiger charge is -2.54. The van der Waals surface area contributed by atoms with Gasteiger partial charge in [-0.3, -0.25) is 9.59 Å². The summed E-state index contributed by atoms with van der Waals surface area (Å²) in [4.78, 5) is 26.0. The monoisotopic (exact) mass is 1080 g/mol. The Bertz CT molecular complexity index is 2200. The van der Waals surface area contributed by atoms with Gasteiger partial charge in [-0.15, -0.1) is 0 Å². The van der Waals surface area contributed by atoms with E-state index in [1.807, 2.05) is 6.92 Å². The van der Waals surface area contributed by atoms with Gasteiger partial charge in [0.15, 0.2) is 11.6 Å². The van der Waals surface area contributed by atoms with Gasteiger partial charge in [0.1, 0.15) is 30.5 Å². The predicted molar refractivity (Wildman–Crippen MR) is 271 cm³/mol. The lowest BCUT2D eigenvalue weighted by Crippen LogP contribution is -2.64. The third-order valence-corrected chi connectivity index (χ3v) is 20.7. The summed E-state index contributed by atoms with van der Waals surface area (Å²) in [5.74, 6) is -2.57. The molecule has 0 aromatic heterocycles. The second kappa shape index (κ2) is 21.6. The lowest BCUT2D eigenvalue weighted by atomic mass is 9.78. The van der Waals surface area contributed by atoms with Gasteiger partial charge < -0.3 is 76.5 Å². The van der Waals surface area contributed by atoms with Crippen LogP contribution in [0.2, 0.25) is 0 Å². The van der Waals surface area contributed by atoms with Crippen LogP contribution in [-0.4, -0.2) is 181 Å². The molecular formula is C59H86O18. The van der Waals surface area contributed by atoms with Gasteiger partial charge in [0.25, 0.3) is 0 Å². The summed E-state index contributed by atoms with van der Waals surface area (Å²) < 4.78 is 95.0. The van der Waals surface area contributed by atoms with E-state index in [4.69, 9.17) is 66.3 Å². The second-order valence-electron chi connectivity index (χ2n) is 26.1. The van der Waals surface area contributed by atoms with Crippen LogP contribution in [0, 0.1) is 17.8 Å². The summed E-state index contributed by atoms with van der Waals surface area (Å²) in [6.07, 6.45) is 5.65. The largest absolute Gasteiger partial charge is 0.481 e.